The summed E-state index contributed by atoms with van der Waals surface area (Å²) in [7, 11) is 0. The third kappa shape index (κ3) is 3.16. The summed E-state index contributed by atoms with van der Waals surface area (Å²) < 4.78 is 0. The molecule has 3 nitrogen and oxygen atoms in total. The highest BCUT2D eigenvalue weighted by Gasteiger charge is 2.21. The van der Waals surface area contributed by atoms with Crippen molar-refractivity contribution < 1.29 is 5.11 Å². The number of rotatable bonds is 4. The van der Waals surface area contributed by atoms with Crippen molar-refractivity contribution >= 4 is 11.3 Å². The van der Waals surface area contributed by atoms with Gasteiger partial charge in [-0.15, -0.1) is 11.3 Å². The van der Waals surface area contributed by atoms with Crippen molar-refractivity contribution in [3.05, 3.63) is 57.3 Å². The second kappa shape index (κ2) is 6.40. The van der Waals surface area contributed by atoms with Crippen molar-refractivity contribution in [1.82, 2.24) is 5.32 Å². The molecule has 2 aromatic rings. The van der Waals surface area contributed by atoms with Crippen molar-refractivity contribution in [3.63, 3.8) is 0 Å². The molecule has 1 aliphatic carbocycles. The van der Waals surface area contributed by atoms with E-state index < -0.39 is 6.10 Å². The predicted octanol–water partition coefficient (Wildman–Crippen LogP) is 3.32. The van der Waals surface area contributed by atoms with Crippen LogP contribution in [0, 0.1) is 11.3 Å². The van der Waals surface area contributed by atoms with Crippen LogP contribution in [0.2, 0.25) is 0 Å². The van der Waals surface area contributed by atoms with E-state index >= 15 is 0 Å². The van der Waals surface area contributed by atoms with Crippen molar-refractivity contribution in [3.8, 4) is 6.07 Å². The number of aliphatic hydroxyl groups is 1. The maximum Gasteiger partial charge on any atom is 0.0991 e. The van der Waals surface area contributed by atoms with Gasteiger partial charge in [0.05, 0.1) is 17.7 Å². The fraction of sp³-hybridized carbons (Fsp3) is 0.353. The summed E-state index contributed by atoms with van der Waals surface area (Å²) in [4.78, 5) is 1.48. The van der Waals surface area contributed by atoms with Gasteiger partial charge in [-0.25, -0.2) is 0 Å². The van der Waals surface area contributed by atoms with Crippen LogP contribution in [0.1, 0.15) is 46.6 Å². The topological polar surface area (TPSA) is 56.0 Å². The standard InChI is InChI=1S/C17H18N2OS/c18-10-12-4-6-13(7-5-12)16(20)11-19-15-2-1-3-17-14(15)8-9-21-17/h4-9,15-16,19-20H,1-3,11H2. The monoisotopic (exact) mass is 298 g/mol. The van der Waals surface area contributed by atoms with Crippen LogP contribution in [0.4, 0.5) is 0 Å². The van der Waals surface area contributed by atoms with Crippen molar-refractivity contribution in [1.29, 1.82) is 5.26 Å². The Balaban J connectivity index is 1.61. The minimum atomic E-state index is -0.540. The number of nitrogens with zero attached hydrogens (tertiary/aromatic N) is 1. The molecule has 2 N–H and O–H groups in total. The summed E-state index contributed by atoms with van der Waals surface area (Å²) in [5.74, 6) is 0. The highest BCUT2D eigenvalue weighted by atomic mass is 32.1. The van der Waals surface area contributed by atoms with Crippen LogP contribution in [-0.2, 0) is 6.42 Å². The molecule has 0 spiro atoms. The van der Waals surface area contributed by atoms with Crippen LogP contribution in [0.3, 0.4) is 0 Å². The van der Waals surface area contributed by atoms with Gasteiger partial charge in [0, 0.05) is 17.5 Å². The summed E-state index contributed by atoms with van der Waals surface area (Å²) in [6.45, 7) is 0.534. The quantitative estimate of drug-likeness (QED) is 0.910. The smallest absolute Gasteiger partial charge is 0.0991 e. The third-order valence-electron chi connectivity index (χ3n) is 4.03. The maximum atomic E-state index is 10.3. The van der Waals surface area contributed by atoms with Crippen molar-refractivity contribution in [2.75, 3.05) is 6.54 Å². The molecule has 0 aliphatic heterocycles. The van der Waals surface area contributed by atoms with Gasteiger partial charge < -0.3 is 10.4 Å². The predicted molar refractivity (Wildman–Crippen MR) is 84.1 cm³/mol. The molecule has 0 amide bonds. The molecule has 1 heterocycles. The first kappa shape index (κ1) is 14.3. The fourth-order valence-corrected chi connectivity index (χ4v) is 3.84. The van der Waals surface area contributed by atoms with Crippen LogP contribution in [0.5, 0.6) is 0 Å². The summed E-state index contributed by atoms with van der Waals surface area (Å²) in [6.07, 6.45) is 2.98. The highest BCUT2D eigenvalue weighted by Crippen LogP contribution is 2.33. The van der Waals surface area contributed by atoms with Crippen LogP contribution in [0.15, 0.2) is 35.7 Å². The number of benzene rings is 1. The van der Waals surface area contributed by atoms with E-state index in [1.54, 1.807) is 12.1 Å². The van der Waals surface area contributed by atoms with Gasteiger partial charge in [0.25, 0.3) is 0 Å². The van der Waals surface area contributed by atoms with Gasteiger partial charge in [0.1, 0.15) is 0 Å². The van der Waals surface area contributed by atoms with E-state index in [1.165, 1.54) is 23.3 Å². The zero-order valence-electron chi connectivity index (χ0n) is 11.7. The lowest BCUT2D eigenvalue weighted by molar-refractivity contribution is 0.168. The molecule has 0 fully saturated rings. The molecular weight excluding hydrogens is 280 g/mol. The van der Waals surface area contributed by atoms with Crippen LogP contribution in [0.25, 0.3) is 0 Å². The average Bonchev–Trinajstić information content (AvgIpc) is 3.02. The third-order valence-corrected chi connectivity index (χ3v) is 5.03. The van der Waals surface area contributed by atoms with Gasteiger partial charge in [0.15, 0.2) is 0 Å². The molecule has 2 unspecified atom stereocenters. The number of thiophene rings is 1. The van der Waals surface area contributed by atoms with E-state index in [2.05, 4.69) is 22.8 Å². The van der Waals surface area contributed by atoms with E-state index in [9.17, 15) is 5.11 Å². The number of hydrogen-bond donors (Lipinski definition) is 2. The van der Waals surface area contributed by atoms with Crippen molar-refractivity contribution in [2.24, 2.45) is 0 Å². The van der Waals surface area contributed by atoms with Gasteiger partial charge in [-0.05, 0) is 54.0 Å². The number of fused-ring (bicyclic) bond motifs is 1. The van der Waals surface area contributed by atoms with Crippen LogP contribution in [-0.4, -0.2) is 11.7 Å². The Morgan fingerprint density at radius 3 is 2.90 bits per heavy atom. The van der Waals surface area contributed by atoms with Gasteiger partial charge in [-0.3, -0.25) is 0 Å². The molecule has 1 aliphatic rings. The number of aryl methyl sites for hydroxylation is 1. The lowest BCUT2D eigenvalue weighted by Gasteiger charge is -2.25. The number of nitrogens with one attached hydrogen (secondary N) is 1. The lowest BCUT2D eigenvalue weighted by atomic mass is 9.94. The van der Waals surface area contributed by atoms with Crippen LogP contribution < -0.4 is 5.32 Å². The first-order valence-electron chi connectivity index (χ1n) is 7.25. The molecule has 21 heavy (non-hydrogen) atoms. The van der Waals surface area contributed by atoms with E-state index in [0.29, 0.717) is 18.2 Å². The molecule has 0 saturated heterocycles. The van der Waals surface area contributed by atoms with E-state index in [1.807, 2.05) is 23.5 Å². The molecule has 108 valence electrons. The Labute approximate surface area is 128 Å². The van der Waals surface area contributed by atoms with Gasteiger partial charge >= 0.3 is 0 Å². The molecule has 2 atom stereocenters. The minimum absolute atomic E-state index is 0.355. The number of nitriles is 1. The Morgan fingerprint density at radius 1 is 1.33 bits per heavy atom. The van der Waals surface area contributed by atoms with Crippen molar-refractivity contribution in [2.45, 2.75) is 31.4 Å². The molecule has 3 rings (SSSR count). The molecule has 0 saturated carbocycles. The number of aliphatic hydroxyl groups excluding tert-OH is 1. The highest BCUT2D eigenvalue weighted by molar-refractivity contribution is 7.10. The largest absolute Gasteiger partial charge is 0.387 e. The molecule has 0 radical (unpaired) electrons. The van der Waals surface area contributed by atoms with Crippen LogP contribution >= 0.6 is 11.3 Å². The summed E-state index contributed by atoms with van der Waals surface area (Å²) in [5.41, 5.74) is 2.87. The average molecular weight is 298 g/mol. The second-order valence-corrected chi connectivity index (χ2v) is 6.40. The van der Waals surface area contributed by atoms with E-state index in [0.717, 1.165) is 12.0 Å². The normalized spacial score (nSPS) is 18.8. The first-order valence-corrected chi connectivity index (χ1v) is 8.13. The second-order valence-electron chi connectivity index (χ2n) is 5.40. The Bertz CT molecular complexity index is 642. The molecule has 4 heteroatoms. The molecule has 0 bridgehead atoms. The SMILES string of the molecule is N#Cc1ccc(C(O)CNC2CCCc3sccc32)cc1. The van der Waals surface area contributed by atoms with E-state index in [-0.39, 0.29) is 0 Å². The summed E-state index contributed by atoms with van der Waals surface area (Å²) in [6, 6.07) is 11.8. The molecule has 1 aromatic heterocycles. The zero-order chi connectivity index (χ0) is 14.7. The minimum Gasteiger partial charge on any atom is -0.387 e. The Hall–Kier alpha value is -1.67. The first-order chi connectivity index (χ1) is 10.3. The van der Waals surface area contributed by atoms with Gasteiger partial charge in [-0.2, -0.15) is 5.26 Å². The molecular formula is C17H18N2OS. The Morgan fingerprint density at radius 2 is 2.14 bits per heavy atom. The molecule has 1 aromatic carbocycles. The summed E-state index contributed by atoms with van der Waals surface area (Å²) in [5, 5.41) is 24.7. The van der Waals surface area contributed by atoms with E-state index in [4.69, 9.17) is 5.26 Å². The fourth-order valence-electron chi connectivity index (χ4n) is 2.85. The van der Waals surface area contributed by atoms with Gasteiger partial charge in [0.2, 0.25) is 0 Å². The summed E-state index contributed by atoms with van der Waals surface area (Å²) >= 11 is 1.83. The lowest BCUT2D eigenvalue weighted by Crippen LogP contribution is -2.28. The Kier molecular flexibility index (Phi) is 4.35. The zero-order valence-corrected chi connectivity index (χ0v) is 12.6. The number of hydrogen-bond acceptors (Lipinski definition) is 4. The maximum absolute atomic E-state index is 10.3. The van der Waals surface area contributed by atoms with Gasteiger partial charge in [-0.1, -0.05) is 12.1 Å².